The lowest BCUT2D eigenvalue weighted by atomic mass is 9.98. The smallest absolute Gasteiger partial charge is 0.220 e. The monoisotopic (exact) mass is 542 g/mol. The fourth-order valence-corrected chi connectivity index (χ4v) is 5.91. The molecular weight excluding hydrogens is 500 g/mol. The Hall–Kier alpha value is -3.26. The maximum Gasteiger partial charge on any atom is 0.220 e. The van der Waals surface area contributed by atoms with Gasteiger partial charge in [-0.3, -0.25) is 4.79 Å². The number of nitrogens with zero attached hydrogens (tertiary/aromatic N) is 1. The Morgan fingerprint density at radius 1 is 0.974 bits per heavy atom. The average molecular weight is 543 g/mol. The van der Waals surface area contributed by atoms with E-state index in [-0.39, 0.29) is 29.1 Å². The zero-order chi connectivity index (χ0) is 28.0. The number of carbonyl (C=O) groups excluding carboxylic acids is 1. The number of amides is 1. The SMILES string of the molecule is CC(C)(C)[Si](C)(C)O[C@@H](CCC(=O)NC(c1ccccc1)c1nc2ccccc2[nH]1)[C@@H](N)Cc1ccccc1. The number of aromatic nitrogens is 2. The van der Waals surface area contributed by atoms with Crippen molar-refractivity contribution in [1.82, 2.24) is 15.3 Å². The van der Waals surface area contributed by atoms with E-state index in [1.165, 1.54) is 5.56 Å². The number of aromatic amines is 1. The highest BCUT2D eigenvalue weighted by Crippen LogP contribution is 2.38. The lowest BCUT2D eigenvalue weighted by Gasteiger charge is -2.41. The van der Waals surface area contributed by atoms with Crippen molar-refractivity contribution in [3.05, 3.63) is 102 Å². The molecule has 0 bridgehead atoms. The molecule has 0 aliphatic heterocycles. The molecule has 7 heteroatoms. The normalized spacial score (nSPS) is 14.6. The van der Waals surface area contributed by atoms with Gasteiger partial charge in [-0.05, 0) is 54.2 Å². The van der Waals surface area contributed by atoms with Gasteiger partial charge in [0.1, 0.15) is 11.9 Å². The van der Waals surface area contributed by atoms with Crippen LogP contribution in [0.2, 0.25) is 18.1 Å². The van der Waals surface area contributed by atoms with Crippen molar-refractivity contribution >= 4 is 25.3 Å². The zero-order valence-corrected chi connectivity index (χ0v) is 24.8. The molecule has 0 saturated carbocycles. The Bertz CT molecular complexity index is 1320. The Balaban J connectivity index is 1.51. The van der Waals surface area contributed by atoms with E-state index in [1.807, 2.05) is 72.8 Å². The molecular formula is C32H42N4O2Si. The summed E-state index contributed by atoms with van der Waals surface area (Å²) in [5, 5.41) is 3.27. The minimum atomic E-state index is -2.10. The average Bonchev–Trinajstić information content (AvgIpc) is 3.34. The van der Waals surface area contributed by atoms with E-state index in [1.54, 1.807) is 0 Å². The first kappa shape index (κ1) is 28.7. The van der Waals surface area contributed by atoms with E-state index in [4.69, 9.17) is 15.1 Å². The second kappa shape index (κ2) is 12.3. The fraction of sp³-hybridized carbons (Fsp3) is 0.375. The van der Waals surface area contributed by atoms with Gasteiger partial charge in [-0.1, -0.05) is 93.6 Å². The summed E-state index contributed by atoms with van der Waals surface area (Å²) in [5.41, 5.74) is 10.7. The standard InChI is InChI=1S/C32H42N4O2Si/c1-32(2,3)39(4,5)38-28(25(33)22-23-14-8-6-9-15-23)20-21-29(37)36-30(24-16-10-7-11-17-24)31-34-26-18-12-13-19-27(26)35-31/h6-19,25,28,30H,20-22,33H2,1-5H3,(H,34,35)(H,36,37)/t25-,28-,30?/m0/s1. The first-order valence-electron chi connectivity index (χ1n) is 13.8. The molecule has 0 saturated heterocycles. The summed E-state index contributed by atoms with van der Waals surface area (Å²) in [4.78, 5) is 21.6. The molecule has 4 N–H and O–H groups in total. The van der Waals surface area contributed by atoms with Crippen molar-refractivity contribution in [2.45, 2.75) is 76.4 Å². The minimum absolute atomic E-state index is 0.0413. The first-order chi connectivity index (χ1) is 18.5. The number of hydrogen-bond donors (Lipinski definition) is 3. The van der Waals surface area contributed by atoms with E-state index in [2.05, 4.69) is 56.3 Å². The highest BCUT2D eigenvalue weighted by atomic mass is 28.4. The third-order valence-electron chi connectivity index (χ3n) is 7.82. The van der Waals surface area contributed by atoms with Crippen LogP contribution in [0.1, 0.15) is 56.6 Å². The van der Waals surface area contributed by atoms with E-state index >= 15 is 0 Å². The Labute approximate surface area is 233 Å². The largest absolute Gasteiger partial charge is 0.412 e. The van der Waals surface area contributed by atoms with Gasteiger partial charge in [0.05, 0.1) is 17.1 Å². The van der Waals surface area contributed by atoms with Crippen LogP contribution >= 0.6 is 0 Å². The third kappa shape index (κ3) is 7.44. The molecule has 39 heavy (non-hydrogen) atoms. The first-order valence-corrected chi connectivity index (χ1v) is 16.7. The van der Waals surface area contributed by atoms with Crippen molar-refractivity contribution in [3.8, 4) is 0 Å². The Morgan fingerprint density at radius 2 is 1.59 bits per heavy atom. The van der Waals surface area contributed by atoms with Gasteiger partial charge in [0, 0.05) is 12.5 Å². The number of nitrogens with one attached hydrogen (secondary N) is 2. The quantitative estimate of drug-likeness (QED) is 0.188. The minimum Gasteiger partial charge on any atom is -0.412 e. The van der Waals surface area contributed by atoms with Crippen LogP contribution in [-0.2, 0) is 15.6 Å². The van der Waals surface area contributed by atoms with Crippen LogP contribution in [-0.4, -0.2) is 36.3 Å². The van der Waals surface area contributed by atoms with Crippen LogP contribution in [0.15, 0.2) is 84.9 Å². The van der Waals surface area contributed by atoms with Gasteiger partial charge in [0.25, 0.3) is 0 Å². The van der Waals surface area contributed by atoms with Crippen LogP contribution in [0.3, 0.4) is 0 Å². The molecule has 6 nitrogen and oxygen atoms in total. The van der Waals surface area contributed by atoms with Gasteiger partial charge >= 0.3 is 0 Å². The van der Waals surface area contributed by atoms with Gasteiger partial charge in [-0.25, -0.2) is 4.98 Å². The molecule has 1 aromatic heterocycles. The Kier molecular flexibility index (Phi) is 9.05. The van der Waals surface area contributed by atoms with E-state index in [9.17, 15) is 4.79 Å². The number of imidazole rings is 1. The molecule has 0 fully saturated rings. The number of hydrogen-bond acceptors (Lipinski definition) is 4. The second-order valence-electron chi connectivity index (χ2n) is 11.9. The van der Waals surface area contributed by atoms with Crippen molar-refractivity contribution < 1.29 is 9.22 Å². The summed E-state index contributed by atoms with van der Waals surface area (Å²) in [6.07, 6.45) is 1.34. The molecule has 3 aromatic carbocycles. The van der Waals surface area contributed by atoms with E-state index in [0.29, 0.717) is 25.1 Å². The van der Waals surface area contributed by atoms with Crippen LogP contribution in [0.25, 0.3) is 11.0 Å². The second-order valence-corrected chi connectivity index (χ2v) is 16.6. The summed E-state index contributed by atoms with van der Waals surface area (Å²) in [5.74, 6) is 0.658. The highest BCUT2D eigenvalue weighted by Gasteiger charge is 2.40. The van der Waals surface area contributed by atoms with Crippen LogP contribution in [0.4, 0.5) is 0 Å². The summed E-state index contributed by atoms with van der Waals surface area (Å²) in [7, 11) is -2.10. The number of rotatable bonds is 11. The molecule has 1 heterocycles. The topological polar surface area (TPSA) is 93.0 Å². The summed E-state index contributed by atoms with van der Waals surface area (Å²) in [6.45, 7) is 11.2. The molecule has 0 aliphatic carbocycles. The maximum absolute atomic E-state index is 13.4. The van der Waals surface area contributed by atoms with E-state index in [0.717, 1.165) is 16.6 Å². The summed E-state index contributed by atoms with van der Waals surface area (Å²) in [6, 6.07) is 27.5. The number of benzene rings is 3. The maximum atomic E-state index is 13.4. The van der Waals surface area contributed by atoms with Gasteiger partial charge in [0.15, 0.2) is 8.32 Å². The predicted octanol–water partition coefficient (Wildman–Crippen LogP) is 6.51. The van der Waals surface area contributed by atoms with E-state index < -0.39 is 8.32 Å². The molecule has 1 amide bonds. The number of para-hydroxylation sites is 2. The molecule has 4 rings (SSSR count). The predicted molar refractivity (Wildman–Crippen MR) is 162 cm³/mol. The summed E-state index contributed by atoms with van der Waals surface area (Å²) < 4.78 is 6.82. The van der Waals surface area contributed by atoms with Crippen molar-refractivity contribution in [2.24, 2.45) is 5.73 Å². The highest BCUT2D eigenvalue weighted by molar-refractivity contribution is 6.74. The van der Waals surface area contributed by atoms with Gasteiger partial charge in [-0.15, -0.1) is 0 Å². The molecule has 0 spiro atoms. The molecule has 206 valence electrons. The van der Waals surface area contributed by atoms with Crippen molar-refractivity contribution in [2.75, 3.05) is 0 Å². The molecule has 3 atom stereocenters. The van der Waals surface area contributed by atoms with Crippen LogP contribution in [0, 0.1) is 0 Å². The Morgan fingerprint density at radius 3 is 2.23 bits per heavy atom. The molecule has 4 aromatic rings. The molecule has 0 aliphatic rings. The van der Waals surface area contributed by atoms with Crippen LogP contribution in [0.5, 0.6) is 0 Å². The number of carbonyl (C=O) groups is 1. The zero-order valence-electron chi connectivity index (χ0n) is 23.8. The third-order valence-corrected chi connectivity index (χ3v) is 12.3. The van der Waals surface area contributed by atoms with Gasteiger partial charge < -0.3 is 20.5 Å². The fourth-order valence-electron chi connectivity index (χ4n) is 4.50. The summed E-state index contributed by atoms with van der Waals surface area (Å²) >= 11 is 0. The van der Waals surface area contributed by atoms with Gasteiger partial charge in [-0.2, -0.15) is 0 Å². The number of fused-ring (bicyclic) bond motifs is 1. The van der Waals surface area contributed by atoms with Gasteiger partial charge in [0.2, 0.25) is 5.91 Å². The molecule has 1 unspecified atom stereocenters. The molecule has 0 radical (unpaired) electrons. The number of H-pyrrole nitrogens is 1. The lowest BCUT2D eigenvalue weighted by molar-refractivity contribution is -0.122. The number of nitrogens with two attached hydrogens (primary N) is 1. The lowest BCUT2D eigenvalue weighted by Crippen LogP contribution is -2.50. The van der Waals surface area contributed by atoms with Crippen molar-refractivity contribution in [1.29, 1.82) is 0 Å². The van der Waals surface area contributed by atoms with Crippen molar-refractivity contribution in [3.63, 3.8) is 0 Å². The van der Waals surface area contributed by atoms with Crippen LogP contribution < -0.4 is 11.1 Å².